The van der Waals surface area contributed by atoms with Crippen LogP contribution >= 0.6 is 11.8 Å². The van der Waals surface area contributed by atoms with Gasteiger partial charge in [-0.15, -0.1) is 16.9 Å². The first-order valence-electron chi connectivity index (χ1n) is 4.56. The Balaban J connectivity index is 2.31. The van der Waals surface area contributed by atoms with Gasteiger partial charge in [-0.2, -0.15) is 0 Å². The van der Waals surface area contributed by atoms with Crippen molar-refractivity contribution in [2.45, 2.75) is 4.90 Å². The minimum atomic E-state index is -0.625. The molecule has 82 valence electrons. The maximum Gasteiger partial charge on any atom is 0.288 e. The number of thioether (sulfide) groups is 1. The lowest BCUT2D eigenvalue weighted by Gasteiger charge is -2.00. The average molecular weight is 234 g/mol. The fourth-order valence-corrected chi connectivity index (χ4v) is 1.64. The molecule has 0 unspecified atom stereocenters. The number of carbonyl (C=O) groups is 1. The van der Waals surface area contributed by atoms with Gasteiger partial charge in [-0.25, -0.2) is 9.67 Å². The summed E-state index contributed by atoms with van der Waals surface area (Å²) in [5.41, 5.74) is 5.92. The Bertz CT molecular complexity index is 506. The Morgan fingerprint density at radius 2 is 2.06 bits per heavy atom. The molecule has 1 aromatic carbocycles. The molecule has 0 saturated carbocycles. The molecule has 6 heteroatoms. The molecule has 1 amide bonds. The molecule has 5 nitrogen and oxygen atoms in total. The van der Waals surface area contributed by atoms with Crippen molar-refractivity contribution >= 4 is 17.7 Å². The molecular formula is C10H10N4OS. The molecular weight excluding hydrogens is 224 g/mol. The Morgan fingerprint density at radius 1 is 1.38 bits per heavy atom. The highest BCUT2D eigenvalue weighted by Crippen LogP contribution is 2.16. The van der Waals surface area contributed by atoms with E-state index in [-0.39, 0.29) is 5.82 Å². The standard InChI is InChI=1S/C10H10N4OS/c1-16-8-4-2-7(3-5-8)14-6-12-10(13-14)9(11)15/h2-6H,1H3,(H2,11,15). The van der Waals surface area contributed by atoms with Gasteiger partial charge in [0.15, 0.2) is 0 Å². The lowest BCUT2D eigenvalue weighted by atomic mass is 10.3. The first kappa shape index (κ1) is 10.7. The Morgan fingerprint density at radius 3 is 2.56 bits per heavy atom. The van der Waals surface area contributed by atoms with Crippen LogP contribution in [0.2, 0.25) is 0 Å². The van der Waals surface area contributed by atoms with Gasteiger partial charge in [0.1, 0.15) is 6.33 Å². The van der Waals surface area contributed by atoms with Gasteiger partial charge in [0, 0.05) is 4.90 Å². The molecule has 0 spiro atoms. The highest BCUT2D eigenvalue weighted by atomic mass is 32.2. The maximum absolute atomic E-state index is 10.8. The molecule has 0 atom stereocenters. The van der Waals surface area contributed by atoms with E-state index < -0.39 is 5.91 Å². The highest BCUT2D eigenvalue weighted by molar-refractivity contribution is 7.98. The fraction of sp³-hybridized carbons (Fsp3) is 0.100. The zero-order chi connectivity index (χ0) is 11.5. The van der Waals surface area contributed by atoms with Gasteiger partial charge in [0.05, 0.1) is 5.69 Å². The Labute approximate surface area is 96.7 Å². The summed E-state index contributed by atoms with van der Waals surface area (Å²) in [6, 6.07) is 7.77. The number of rotatable bonds is 3. The summed E-state index contributed by atoms with van der Waals surface area (Å²) < 4.78 is 1.52. The van der Waals surface area contributed by atoms with Crippen molar-refractivity contribution < 1.29 is 4.79 Å². The van der Waals surface area contributed by atoms with Crippen molar-refractivity contribution in [1.29, 1.82) is 0 Å². The van der Waals surface area contributed by atoms with Crippen molar-refractivity contribution in [3.8, 4) is 5.69 Å². The van der Waals surface area contributed by atoms with E-state index >= 15 is 0 Å². The van der Waals surface area contributed by atoms with Crippen LogP contribution in [0.25, 0.3) is 5.69 Å². The monoisotopic (exact) mass is 234 g/mol. The van der Waals surface area contributed by atoms with E-state index in [1.807, 2.05) is 30.5 Å². The Hall–Kier alpha value is -1.82. The maximum atomic E-state index is 10.8. The molecule has 0 bridgehead atoms. The van der Waals surface area contributed by atoms with Gasteiger partial charge in [-0.05, 0) is 30.5 Å². The normalized spacial score (nSPS) is 10.3. The molecule has 0 aliphatic heterocycles. The van der Waals surface area contributed by atoms with E-state index in [1.165, 1.54) is 15.9 Å². The second-order valence-electron chi connectivity index (χ2n) is 3.08. The summed E-state index contributed by atoms with van der Waals surface area (Å²) >= 11 is 1.66. The van der Waals surface area contributed by atoms with E-state index in [9.17, 15) is 4.79 Å². The van der Waals surface area contributed by atoms with E-state index in [2.05, 4.69) is 10.1 Å². The predicted molar refractivity (Wildman–Crippen MR) is 61.7 cm³/mol. The number of hydrogen-bond donors (Lipinski definition) is 1. The van der Waals surface area contributed by atoms with Crippen molar-refractivity contribution in [3.63, 3.8) is 0 Å². The molecule has 0 fully saturated rings. The molecule has 2 aromatic rings. The molecule has 0 radical (unpaired) electrons. The first-order chi connectivity index (χ1) is 7.70. The quantitative estimate of drug-likeness (QED) is 0.807. The van der Waals surface area contributed by atoms with Gasteiger partial charge < -0.3 is 5.73 Å². The van der Waals surface area contributed by atoms with E-state index in [0.29, 0.717) is 0 Å². The smallest absolute Gasteiger partial charge is 0.288 e. The summed E-state index contributed by atoms with van der Waals surface area (Å²) in [5.74, 6) is -0.603. The first-order valence-corrected chi connectivity index (χ1v) is 5.79. The number of primary amides is 1. The van der Waals surface area contributed by atoms with Crippen molar-refractivity contribution in [1.82, 2.24) is 14.8 Å². The third-order valence-corrected chi connectivity index (χ3v) is 2.79. The van der Waals surface area contributed by atoms with Gasteiger partial charge >= 0.3 is 0 Å². The zero-order valence-corrected chi connectivity index (χ0v) is 9.44. The van der Waals surface area contributed by atoms with Gasteiger partial charge in [-0.3, -0.25) is 4.79 Å². The average Bonchev–Trinajstić information content (AvgIpc) is 2.78. The van der Waals surface area contributed by atoms with Crippen molar-refractivity contribution in [2.24, 2.45) is 5.73 Å². The topological polar surface area (TPSA) is 73.8 Å². The van der Waals surface area contributed by atoms with Crippen LogP contribution in [0.5, 0.6) is 0 Å². The summed E-state index contributed by atoms with van der Waals surface area (Å²) in [5, 5.41) is 3.96. The molecule has 1 aromatic heterocycles. The number of nitrogens with two attached hydrogens (primary N) is 1. The van der Waals surface area contributed by atoms with Crippen LogP contribution in [0.1, 0.15) is 10.6 Å². The van der Waals surface area contributed by atoms with Gasteiger partial charge in [0.25, 0.3) is 5.91 Å². The van der Waals surface area contributed by atoms with Crippen LogP contribution in [0.15, 0.2) is 35.5 Å². The second kappa shape index (κ2) is 4.36. The minimum Gasteiger partial charge on any atom is -0.363 e. The number of carbonyl (C=O) groups excluding carboxylic acids is 1. The van der Waals surface area contributed by atoms with Crippen molar-refractivity contribution in [2.75, 3.05) is 6.26 Å². The lowest BCUT2D eigenvalue weighted by molar-refractivity contribution is 0.0990. The highest BCUT2D eigenvalue weighted by Gasteiger charge is 2.07. The number of benzene rings is 1. The summed E-state index contributed by atoms with van der Waals surface area (Å²) in [4.78, 5) is 15.8. The minimum absolute atomic E-state index is 0.0222. The third kappa shape index (κ3) is 2.06. The molecule has 2 N–H and O–H groups in total. The predicted octanol–water partition coefficient (Wildman–Crippen LogP) is 1.09. The summed E-state index contributed by atoms with van der Waals surface area (Å²) in [7, 11) is 0. The van der Waals surface area contributed by atoms with Crippen LogP contribution < -0.4 is 5.73 Å². The number of hydrogen-bond acceptors (Lipinski definition) is 4. The van der Waals surface area contributed by atoms with Crippen LogP contribution in [-0.4, -0.2) is 26.9 Å². The van der Waals surface area contributed by atoms with E-state index in [0.717, 1.165) is 5.69 Å². The largest absolute Gasteiger partial charge is 0.363 e. The van der Waals surface area contributed by atoms with Crippen LogP contribution in [0, 0.1) is 0 Å². The molecule has 16 heavy (non-hydrogen) atoms. The van der Waals surface area contributed by atoms with Crippen LogP contribution in [-0.2, 0) is 0 Å². The number of nitrogens with zero attached hydrogens (tertiary/aromatic N) is 3. The Kier molecular flexibility index (Phi) is 2.91. The van der Waals surface area contributed by atoms with Crippen LogP contribution in [0.3, 0.4) is 0 Å². The SMILES string of the molecule is CSc1ccc(-n2cnc(C(N)=O)n2)cc1. The lowest BCUT2D eigenvalue weighted by Crippen LogP contribution is -2.13. The fourth-order valence-electron chi connectivity index (χ4n) is 1.24. The molecule has 0 saturated heterocycles. The third-order valence-electron chi connectivity index (χ3n) is 2.05. The molecule has 0 aliphatic carbocycles. The van der Waals surface area contributed by atoms with E-state index in [1.54, 1.807) is 11.8 Å². The zero-order valence-electron chi connectivity index (χ0n) is 8.62. The van der Waals surface area contributed by atoms with Crippen molar-refractivity contribution in [3.05, 3.63) is 36.4 Å². The molecule has 1 heterocycles. The molecule has 2 rings (SSSR count). The molecule has 0 aliphatic rings. The number of amides is 1. The van der Waals surface area contributed by atoms with Gasteiger partial charge in [0.2, 0.25) is 5.82 Å². The van der Waals surface area contributed by atoms with Crippen LogP contribution in [0.4, 0.5) is 0 Å². The van der Waals surface area contributed by atoms with E-state index in [4.69, 9.17) is 5.73 Å². The summed E-state index contributed by atoms with van der Waals surface area (Å²) in [6.07, 6.45) is 3.48. The van der Waals surface area contributed by atoms with Gasteiger partial charge in [-0.1, -0.05) is 0 Å². The number of aromatic nitrogens is 3. The summed E-state index contributed by atoms with van der Waals surface area (Å²) in [6.45, 7) is 0. The second-order valence-corrected chi connectivity index (χ2v) is 3.95.